The van der Waals surface area contributed by atoms with Crippen LogP contribution in [0.25, 0.3) is 10.9 Å². The van der Waals surface area contributed by atoms with E-state index in [-0.39, 0.29) is 17.7 Å². The zero-order chi connectivity index (χ0) is 17.6. The lowest BCUT2D eigenvalue weighted by Gasteiger charge is -2.10. The molecule has 0 unspecified atom stereocenters. The van der Waals surface area contributed by atoms with Crippen LogP contribution in [0.1, 0.15) is 10.4 Å². The molecule has 1 N–H and O–H groups in total. The van der Waals surface area contributed by atoms with Crippen molar-refractivity contribution in [3.8, 4) is 11.5 Å². The first kappa shape index (κ1) is 15.2. The quantitative estimate of drug-likeness (QED) is 0.779. The van der Waals surface area contributed by atoms with Crippen LogP contribution in [0, 0.1) is 5.82 Å². The molecule has 0 aliphatic carbocycles. The summed E-state index contributed by atoms with van der Waals surface area (Å²) in [6.07, 6.45) is 1.44. The van der Waals surface area contributed by atoms with Gasteiger partial charge in [-0.1, -0.05) is 0 Å². The Morgan fingerprint density at radius 3 is 2.80 bits per heavy atom. The summed E-state index contributed by atoms with van der Waals surface area (Å²) in [7, 11) is 1.69. The predicted molar refractivity (Wildman–Crippen MR) is 89.7 cm³/mol. The maximum atomic E-state index is 13.5. The molecule has 0 saturated carbocycles. The summed E-state index contributed by atoms with van der Waals surface area (Å²) in [6, 6.07) is 8.85. The van der Waals surface area contributed by atoms with Crippen molar-refractivity contribution in [2.45, 2.75) is 0 Å². The first-order valence-corrected chi connectivity index (χ1v) is 7.53. The predicted octanol–water partition coefficient (Wildman–Crippen LogP) is 2.66. The normalized spacial score (nSPS) is 12.4. The monoisotopic (exact) mass is 340 g/mol. The Morgan fingerprint density at radius 2 is 1.96 bits per heavy atom. The van der Waals surface area contributed by atoms with Gasteiger partial charge >= 0.3 is 0 Å². The van der Waals surface area contributed by atoms with Crippen LogP contribution in [0.3, 0.4) is 0 Å². The lowest BCUT2D eigenvalue weighted by molar-refractivity contribution is 0.102. The molecule has 0 atom stereocenters. The van der Waals surface area contributed by atoms with Crippen LogP contribution >= 0.6 is 0 Å². The van der Waals surface area contributed by atoms with Gasteiger partial charge in [0, 0.05) is 30.4 Å². The van der Waals surface area contributed by atoms with Crippen molar-refractivity contribution in [1.29, 1.82) is 0 Å². The number of carbonyl (C=O) groups excluding carboxylic acids is 1. The van der Waals surface area contributed by atoms with Crippen LogP contribution in [-0.4, -0.2) is 17.3 Å². The lowest BCUT2D eigenvalue weighted by Crippen LogP contribution is -2.23. The molecule has 0 radical (unpaired) electrons. The van der Waals surface area contributed by atoms with Crippen molar-refractivity contribution >= 4 is 22.5 Å². The highest BCUT2D eigenvalue weighted by Gasteiger charge is 2.18. The van der Waals surface area contributed by atoms with E-state index in [0.29, 0.717) is 22.7 Å². The molecule has 0 saturated heterocycles. The maximum absolute atomic E-state index is 13.5. The van der Waals surface area contributed by atoms with Gasteiger partial charge < -0.3 is 19.4 Å². The second-order valence-corrected chi connectivity index (χ2v) is 5.67. The Labute approximate surface area is 141 Å². The van der Waals surface area contributed by atoms with Gasteiger partial charge in [-0.15, -0.1) is 0 Å². The molecule has 1 aromatic heterocycles. The number of aryl methyl sites for hydroxylation is 1. The molecule has 0 spiro atoms. The highest BCUT2D eigenvalue weighted by molar-refractivity contribution is 6.05. The smallest absolute Gasteiger partial charge is 0.261 e. The van der Waals surface area contributed by atoms with Crippen LogP contribution in [0.5, 0.6) is 11.5 Å². The lowest BCUT2D eigenvalue weighted by atomic mass is 10.1. The standard InChI is InChI=1S/C18H13FN2O4/c1-21-8-13(17(22)12-6-10(19)2-4-14(12)21)18(23)20-11-3-5-15-16(7-11)25-9-24-15/h2-8H,9H2,1H3,(H,20,23). The summed E-state index contributed by atoms with van der Waals surface area (Å²) in [5, 5.41) is 2.81. The zero-order valence-corrected chi connectivity index (χ0v) is 13.2. The molecule has 1 aliphatic rings. The molecule has 25 heavy (non-hydrogen) atoms. The van der Waals surface area contributed by atoms with Crippen molar-refractivity contribution in [3.63, 3.8) is 0 Å². The fraction of sp³-hybridized carbons (Fsp3) is 0.111. The Kier molecular flexibility index (Phi) is 3.42. The van der Waals surface area contributed by atoms with Gasteiger partial charge in [0.25, 0.3) is 5.91 Å². The molecule has 7 heteroatoms. The van der Waals surface area contributed by atoms with Crippen molar-refractivity contribution in [2.24, 2.45) is 7.05 Å². The Bertz CT molecular complexity index is 1070. The number of ether oxygens (including phenoxy) is 2. The second kappa shape index (κ2) is 5.62. The number of benzene rings is 2. The van der Waals surface area contributed by atoms with Crippen LogP contribution in [0.2, 0.25) is 0 Å². The zero-order valence-electron chi connectivity index (χ0n) is 13.2. The van der Waals surface area contributed by atoms with Crippen LogP contribution in [0.15, 0.2) is 47.4 Å². The largest absolute Gasteiger partial charge is 0.454 e. The Morgan fingerprint density at radius 1 is 1.16 bits per heavy atom. The van der Waals surface area contributed by atoms with E-state index in [9.17, 15) is 14.0 Å². The number of nitrogens with zero attached hydrogens (tertiary/aromatic N) is 1. The van der Waals surface area contributed by atoms with Crippen molar-refractivity contribution < 1.29 is 18.7 Å². The number of nitrogens with one attached hydrogen (secondary N) is 1. The molecule has 0 bridgehead atoms. The third-order valence-corrected chi connectivity index (χ3v) is 4.03. The van der Waals surface area contributed by atoms with Gasteiger partial charge in [0.15, 0.2) is 11.5 Å². The van der Waals surface area contributed by atoms with Gasteiger partial charge in [-0.3, -0.25) is 9.59 Å². The third-order valence-electron chi connectivity index (χ3n) is 4.03. The number of pyridine rings is 1. The van der Waals surface area contributed by atoms with Gasteiger partial charge in [0.1, 0.15) is 11.4 Å². The van der Waals surface area contributed by atoms with E-state index in [1.54, 1.807) is 29.8 Å². The van der Waals surface area contributed by atoms with Crippen LogP contribution < -0.4 is 20.2 Å². The molecule has 3 aromatic rings. The maximum Gasteiger partial charge on any atom is 0.261 e. The fourth-order valence-corrected chi connectivity index (χ4v) is 2.80. The summed E-state index contributed by atoms with van der Waals surface area (Å²) < 4.78 is 25.6. The third kappa shape index (κ3) is 2.59. The molecule has 126 valence electrons. The number of hydrogen-bond donors (Lipinski definition) is 1. The van der Waals surface area contributed by atoms with E-state index in [1.807, 2.05) is 0 Å². The average molecular weight is 340 g/mol. The number of fused-ring (bicyclic) bond motifs is 2. The molecule has 4 rings (SSSR count). The van der Waals surface area contributed by atoms with E-state index >= 15 is 0 Å². The highest BCUT2D eigenvalue weighted by Crippen LogP contribution is 2.34. The van der Waals surface area contributed by atoms with Gasteiger partial charge in [-0.25, -0.2) is 4.39 Å². The summed E-state index contributed by atoms with van der Waals surface area (Å²) in [5.74, 6) is 0.00457. The van der Waals surface area contributed by atoms with Crippen molar-refractivity contribution in [3.05, 3.63) is 64.2 Å². The van der Waals surface area contributed by atoms with Gasteiger partial charge in [0.05, 0.1) is 5.52 Å². The summed E-state index contributed by atoms with van der Waals surface area (Å²) in [4.78, 5) is 25.1. The van der Waals surface area contributed by atoms with Crippen LogP contribution in [0.4, 0.5) is 10.1 Å². The van der Waals surface area contributed by atoms with Gasteiger partial charge in [-0.05, 0) is 30.3 Å². The molecule has 1 amide bonds. The first-order valence-electron chi connectivity index (χ1n) is 7.53. The molecule has 2 heterocycles. The summed E-state index contributed by atoms with van der Waals surface area (Å²) in [5.41, 5.74) is 0.422. The van der Waals surface area contributed by atoms with Crippen molar-refractivity contribution in [1.82, 2.24) is 4.57 Å². The number of aromatic nitrogens is 1. The number of anilines is 1. The van der Waals surface area contributed by atoms with Crippen molar-refractivity contribution in [2.75, 3.05) is 12.1 Å². The number of rotatable bonds is 2. The fourth-order valence-electron chi connectivity index (χ4n) is 2.80. The molecule has 6 nitrogen and oxygen atoms in total. The number of amides is 1. The minimum atomic E-state index is -0.578. The molecular formula is C18H13FN2O4. The summed E-state index contributed by atoms with van der Waals surface area (Å²) in [6.45, 7) is 0.128. The molecular weight excluding hydrogens is 327 g/mol. The van der Waals surface area contributed by atoms with E-state index < -0.39 is 17.2 Å². The van der Waals surface area contributed by atoms with Gasteiger partial charge in [0.2, 0.25) is 12.2 Å². The van der Waals surface area contributed by atoms with E-state index in [0.717, 1.165) is 6.07 Å². The first-order chi connectivity index (χ1) is 12.0. The molecule has 2 aromatic carbocycles. The summed E-state index contributed by atoms with van der Waals surface area (Å²) >= 11 is 0. The number of hydrogen-bond acceptors (Lipinski definition) is 4. The van der Waals surface area contributed by atoms with Gasteiger partial charge in [-0.2, -0.15) is 0 Å². The highest BCUT2D eigenvalue weighted by atomic mass is 19.1. The minimum Gasteiger partial charge on any atom is -0.454 e. The number of carbonyl (C=O) groups is 1. The Balaban J connectivity index is 1.73. The van der Waals surface area contributed by atoms with E-state index in [2.05, 4.69) is 5.32 Å². The van der Waals surface area contributed by atoms with E-state index in [4.69, 9.17) is 9.47 Å². The molecule has 1 aliphatic heterocycles. The average Bonchev–Trinajstić information content (AvgIpc) is 3.05. The SMILES string of the molecule is Cn1cc(C(=O)Nc2ccc3c(c2)OCO3)c(=O)c2cc(F)ccc21. The number of halogens is 1. The molecule has 0 fully saturated rings. The topological polar surface area (TPSA) is 69.6 Å². The van der Waals surface area contributed by atoms with E-state index in [1.165, 1.54) is 18.3 Å². The van der Waals surface area contributed by atoms with Crippen LogP contribution in [-0.2, 0) is 7.05 Å². The minimum absolute atomic E-state index is 0.0710. The Hall–Kier alpha value is -3.35. The second-order valence-electron chi connectivity index (χ2n) is 5.67.